The Balaban J connectivity index is 3.23. The van der Waals surface area contributed by atoms with E-state index in [2.05, 4.69) is 23.3 Å². The molecule has 25 heavy (non-hydrogen) atoms. The molecule has 5 N–H and O–H groups in total. The highest BCUT2D eigenvalue weighted by Crippen LogP contribution is 2.27. The smallest absolute Gasteiger partial charge is 0.250 e. The maximum absolute atomic E-state index is 14.3. The number of allylic oxidation sites excluding steroid dienone is 1. The first kappa shape index (κ1) is 20.7. The molecule has 1 rings (SSSR count). The minimum atomic E-state index is -0.810. The number of anilines is 2. The molecular formula is C17H23FN4O2S. The highest BCUT2D eigenvalue weighted by molar-refractivity contribution is 7.84. The maximum atomic E-state index is 14.3. The van der Waals surface area contributed by atoms with E-state index in [-0.39, 0.29) is 28.6 Å². The van der Waals surface area contributed by atoms with E-state index in [4.69, 9.17) is 11.1 Å². The zero-order valence-corrected chi connectivity index (χ0v) is 15.3. The maximum Gasteiger partial charge on any atom is 0.250 e. The van der Waals surface area contributed by atoms with Gasteiger partial charge in [0.1, 0.15) is 12.1 Å². The average molecular weight is 366 g/mol. The lowest BCUT2D eigenvalue weighted by Gasteiger charge is -2.19. The number of hydrogen-bond donors (Lipinski definition) is 5. The third kappa shape index (κ3) is 6.58. The van der Waals surface area contributed by atoms with Crippen LogP contribution in [0.2, 0.25) is 0 Å². The summed E-state index contributed by atoms with van der Waals surface area (Å²) in [7, 11) is 0. The largest absolute Gasteiger partial charge is 0.373 e. The van der Waals surface area contributed by atoms with Gasteiger partial charge in [0.15, 0.2) is 0 Å². The number of benzene rings is 1. The molecule has 0 bridgehead atoms. The average Bonchev–Trinajstić information content (AvgIpc) is 2.47. The molecule has 0 aromatic heterocycles. The van der Waals surface area contributed by atoms with E-state index >= 15 is 0 Å². The number of carbonyl (C=O) groups excluding carboxylic acids is 2. The van der Waals surface area contributed by atoms with Crippen LogP contribution in [0.25, 0.3) is 0 Å². The lowest BCUT2D eigenvalue weighted by molar-refractivity contribution is -0.108. The van der Waals surface area contributed by atoms with E-state index in [1.54, 1.807) is 6.92 Å². The van der Waals surface area contributed by atoms with Crippen molar-refractivity contribution in [3.63, 3.8) is 0 Å². The number of nitrogens with one attached hydrogen (secondary N) is 3. The monoisotopic (exact) mass is 366 g/mol. The minimum Gasteiger partial charge on any atom is -0.373 e. The van der Waals surface area contributed by atoms with Crippen molar-refractivity contribution in [3.8, 4) is 0 Å². The van der Waals surface area contributed by atoms with Gasteiger partial charge in [-0.1, -0.05) is 13.8 Å². The third-order valence-corrected chi connectivity index (χ3v) is 3.46. The first-order valence-corrected chi connectivity index (χ1v) is 8.16. The summed E-state index contributed by atoms with van der Waals surface area (Å²) in [4.78, 5) is 22.8. The summed E-state index contributed by atoms with van der Waals surface area (Å²) in [6.07, 6.45) is 2.68. The Bertz CT molecular complexity index is 704. The van der Waals surface area contributed by atoms with Crippen LogP contribution >= 0.6 is 12.6 Å². The van der Waals surface area contributed by atoms with E-state index in [9.17, 15) is 14.0 Å². The number of thiol groups is 1. The molecule has 1 atom stereocenters. The molecule has 0 saturated carbocycles. The molecule has 1 aromatic rings. The molecule has 0 aliphatic rings. The predicted molar refractivity (Wildman–Crippen MR) is 102 cm³/mol. The molecule has 0 fully saturated rings. The Labute approximate surface area is 152 Å². The number of primary amides is 1. The van der Waals surface area contributed by atoms with Crippen LogP contribution in [0.3, 0.4) is 0 Å². The third-order valence-electron chi connectivity index (χ3n) is 3.22. The second kappa shape index (κ2) is 9.22. The fraction of sp³-hybridized carbons (Fsp3) is 0.353. The molecule has 0 unspecified atom stereocenters. The van der Waals surface area contributed by atoms with Gasteiger partial charge in [-0.2, -0.15) is 0 Å². The number of amides is 1. The van der Waals surface area contributed by atoms with Gasteiger partial charge in [-0.25, -0.2) is 4.39 Å². The van der Waals surface area contributed by atoms with Crippen molar-refractivity contribution in [3.05, 3.63) is 34.6 Å². The molecule has 136 valence electrons. The molecular weight excluding hydrogens is 343 g/mol. The summed E-state index contributed by atoms with van der Waals surface area (Å²) in [5, 5.41) is 13.4. The Kier molecular flexibility index (Phi) is 7.63. The van der Waals surface area contributed by atoms with Gasteiger partial charge in [0.25, 0.3) is 5.91 Å². The van der Waals surface area contributed by atoms with Gasteiger partial charge in [0, 0.05) is 5.71 Å². The van der Waals surface area contributed by atoms with Gasteiger partial charge in [0.05, 0.1) is 28.0 Å². The number of rotatable bonds is 9. The van der Waals surface area contributed by atoms with Gasteiger partial charge in [0.2, 0.25) is 0 Å². The lowest BCUT2D eigenvalue weighted by Crippen LogP contribution is -2.24. The van der Waals surface area contributed by atoms with Crippen molar-refractivity contribution in [2.75, 3.05) is 10.6 Å². The fourth-order valence-electron chi connectivity index (χ4n) is 2.23. The van der Waals surface area contributed by atoms with Crippen molar-refractivity contribution in [1.29, 1.82) is 5.41 Å². The topological polar surface area (TPSA) is 108 Å². The van der Waals surface area contributed by atoms with Gasteiger partial charge < -0.3 is 26.6 Å². The summed E-state index contributed by atoms with van der Waals surface area (Å²) < 4.78 is 14.3. The molecule has 1 amide bonds. The molecule has 0 saturated heterocycles. The lowest BCUT2D eigenvalue weighted by atomic mass is 10.0. The van der Waals surface area contributed by atoms with Crippen LogP contribution in [0, 0.1) is 17.1 Å². The van der Waals surface area contributed by atoms with Crippen LogP contribution in [0.5, 0.6) is 0 Å². The van der Waals surface area contributed by atoms with Crippen LogP contribution in [0.1, 0.15) is 37.6 Å². The number of halogens is 1. The van der Waals surface area contributed by atoms with E-state index in [1.807, 2.05) is 13.8 Å². The Hall–Kier alpha value is -2.35. The van der Waals surface area contributed by atoms with E-state index in [0.717, 1.165) is 12.4 Å². The Morgan fingerprint density at radius 2 is 2.04 bits per heavy atom. The van der Waals surface area contributed by atoms with Crippen LogP contribution in [0.15, 0.2) is 23.2 Å². The van der Waals surface area contributed by atoms with Crippen LogP contribution in [-0.4, -0.2) is 23.9 Å². The summed E-state index contributed by atoms with van der Waals surface area (Å²) in [5.41, 5.74) is 5.78. The number of nitrogens with two attached hydrogens (primary N) is 1. The molecule has 0 aliphatic heterocycles. The van der Waals surface area contributed by atoms with Crippen LogP contribution < -0.4 is 16.4 Å². The molecule has 0 spiro atoms. The normalized spacial score (nSPS) is 12.6. The van der Waals surface area contributed by atoms with Gasteiger partial charge in [-0.3, -0.25) is 4.79 Å². The van der Waals surface area contributed by atoms with Crippen molar-refractivity contribution in [1.82, 2.24) is 0 Å². The number of carbonyl (C=O) groups is 2. The second-order valence-electron chi connectivity index (χ2n) is 6.10. The van der Waals surface area contributed by atoms with Gasteiger partial charge in [-0.15, -0.1) is 12.6 Å². The SMILES string of the molecule is CC(=N)/C=C(\S)Nc1cc(N[C@@H](C=O)CC(C)C)c(F)cc1C(N)=O. The Morgan fingerprint density at radius 1 is 1.40 bits per heavy atom. The Morgan fingerprint density at radius 3 is 2.52 bits per heavy atom. The van der Waals surface area contributed by atoms with Crippen molar-refractivity contribution in [2.24, 2.45) is 11.7 Å². The minimum absolute atomic E-state index is 0.0582. The summed E-state index contributed by atoms with van der Waals surface area (Å²) >= 11 is 4.18. The predicted octanol–water partition coefficient (Wildman–Crippen LogP) is 3.17. The summed E-state index contributed by atoms with van der Waals surface area (Å²) in [6.45, 7) is 5.47. The first-order valence-electron chi connectivity index (χ1n) is 7.72. The summed E-state index contributed by atoms with van der Waals surface area (Å²) in [5.74, 6) is -1.26. The molecule has 6 nitrogen and oxygen atoms in total. The molecule has 1 aromatic carbocycles. The zero-order valence-electron chi connectivity index (χ0n) is 14.4. The highest BCUT2D eigenvalue weighted by Gasteiger charge is 2.17. The molecule has 0 aliphatic carbocycles. The van der Waals surface area contributed by atoms with Crippen molar-refractivity contribution in [2.45, 2.75) is 33.2 Å². The molecule has 0 radical (unpaired) electrons. The highest BCUT2D eigenvalue weighted by atomic mass is 32.1. The fourth-order valence-corrected chi connectivity index (χ4v) is 2.54. The van der Waals surface area contributed by atoms with E-state index < -0.39 is 17.8 Å². The number of hydrogen-bond acceptors (Lipinski definition) is 6. The quantitative estimate of drug-likeness (QED) is 0.263. The van der Waals surface area contributed by atoms with E-state index in [0.29, 0.717) is 11.4 Å². The first-order chi connectivity index (χ1) is 11.6. The number of aldehydes is 1. The van der Waals surface area contributed by atoms with Crippen molar-refractivity contribution < 1.29 is 14.0 Å². The standard InChI is InChI=1S/C17H23FN4O2S/c1-9(2)4-11(8-23)21-15-7-14(22-16(25)5-10(3)19)12(17(20)24)6-13(15)18/h5-9,11,19,21-22,25H,4H2,1-3H3,(H2,20,24)/b16-5-,19-10?/t11-/m1/s1. The zero-order chi connectivity index (χ0) is 19.1. The second-order valence-corrected chi connectivity index (χ2v) is 6.58. The summed E-state index contributed by atoms with van der Waals surface area (Å²) in [6, 6.07) is 1.80. The molecule has 0 heterocycles. The van der Waals surface area contributed by atoms with Crippen LogP contribution in [0.4, 0.5) is 15.8 Å². The van der Waals surface area contributed by atoms with Gasteiger partial charge in [-0.05, 0) is 37.5 Å². The van der Waals surface area contributed by atoms with Gasteiger partial charge >= 0.3 is 0 Å². The van der Waals surface area contributed by atoms with Crippen molar-refractivity contribution >= 4 is 41.9 Å². The van der Waals surface area contributed by atoms with E-state index in [1.165, 1.54) is 12.1 Å². The van der Waals surface area contributed by atoms with Crippen LogP contribution in [-0.2, 0) is 4.79 Å². The molecule has 8 heteroatoms.